The van der Waals surface area contributed by atoms with Gasteiger partial charge in [0.25, 0.3) is 0 Å². The van der Waals surface area contributed by atoms with E-state index in [2.05, 4.69) is 0 Å². The molecule has 0 saturated carbocycles. The van der Waals surface area contributed by atoms with Crippen molar-refractivity contribution in [3.63, 3.8) is 0 Å². The summed E-state index contributed by atoms with van der Waals surface area (Å²) < 4.78 is 69.9. The number of aryl methyl sites for hydroxylation is 1. The maximum atomic E-state index is 14.7. The number of rotatable bonds is 2. The second kappa shape index (κ2) is 6.75. The minimum Gasteiger partial charge on any atom is -0.206 e. The molecule has 0 amide bonds. The lowest BCUT2D eigenvalue weighted by Crippen LogP contribution is -1.94. The summed E-state index contributed by atoms with van der Waals surface area (Å²) >= 11 is 0. The highest BCUT2D eigenvalue weighted by Gasteiger charge is 2.15. The molecule has 0 bridgehead atoms. The Hall–Kier alpha value is -3.21. The van der Waals surface area contributed by atoms with Crippen LogP contribution in [0, 0.1) is 36.0 Å². The summed E-state index contributed by atoms with van der Waals surface area (Å²) in [6, 6.07) is 13.0. The molecule has 0 aromatic heterocycles. The molecule has 140 valence electrons. The normalized spacial score (nSPS) is 11.2. The standard InChI is InChI=1S/C23H13F5/c1-12-6-21(27)23(22(28)7-12)15-4-5-17(18(24)10-15)14-3-2-13-9-19(25)20(26)11-16(13)8-14/h2-11H,1H3. The Morgan fingerprint density at radius 2 is 1.11 bits per heavy atom. The van der Waals surface area contributed by atoms with Crippen LogP contribution in [0.25, 0.3) is 33.0 Å². The van der Waals surface area contributed by atoms with Crippen LogP contribution < -0.4 is 0 Å². The molecule has 0 radical (unpaired) electrons. The first-order valence-corrected chi connectivity index (χ1v) is 8.48. The largest absolute Gasteiger partial charge is 0.206 e. The molecule has 5 heteroatoms. The second-order valence-corrected chi connectivity index (χ2v) is 6.63. The fourth-order valence-corrected chi connectivity index (χ4v) is 3.29. The highest BCUT2D eigenvalue weighted by molar-refractivity contribution is 5.88. The molecule has 0 aliphatic carbocycles. The minimum atomic E-state index is -0.995. The van der Waals surface area contributed by atoms with Crippen LogP contribution in [-0.4, -0.2) is 0 Å². The van der Waals surface area contributed by atoms with Crippen molar-refractivity contribution in [2.45, 2.75) is 6.92 Å². The Labute approximate surface area is 157 Å². The van der Waals surface area contributed by atoms with Crippen LogP contribution in [0.15, 0.2) is 60.7 Å². The summed E-state index contributed by atoms with van der Waals surface area (Å²) in [4.78, 5) is 0. The lowest BCUT2D eigenvalue weighted by atomic mass is 9.96. The van der Waals surface area contributed by atoms with Crippen LogP contribution in [0.2, 0.25) is 0 Å². The van der Waals surface area contributed by atoms with Crippen molar-refractivity contribution >= 4 is 10.8 Å². The number of halogens is 5. The Balaban J connectivity index is 1.81. The Bertz CT molecular complexity index is 1200. The van der Waals surface area contributed by atoms with Crippen LogP contribution in [0.5, 0.6) is 0 Å². The Kier molecular flexibility index (Phi) is 4.38. The molecule has 0 nitrogen and oxygen atoms in total. The Morgan fingerprint density at radius 1 is 0.500 bits per heavy atom. The molecule has 0 aliphatic rings. The molecule has 0 heterocycles. The van der Waals surface area contributed by atoms with Gasteiger partial charge in [-0.25, -0.2) is 22.0 Å². The van der Waals surface area contributed by atoms with Gasteiger partial charge in [-0.15, -0.1) is 0 Å². The molecule has 4 aromatic carbocycles. The summed E-state index contributed by atoms with van der Waals surface area (Å²) in [7, 11) is 0. The average molecular weight is 384 g/mol. The number of hydrogen-bond donors (Lipinski definition) is 0. The van der Waals surface area contributed by atoms with E-state index < -0.39 is 29.1 Å². The van der Waals surface area contributed by atoms with Gasteiger partial charge in [0.05, 0.1) is 5.56 Å². The van der Waals surface area contributed by atoms with Crippen LogP contribution in [0.3, 0.4) is 0 Å². The third kappa shape index (κ3) is 3.13. The lowest BCUT2D eigenvalue weighted by Gasteiger charge is -2.10. The van der Waals surface area contributed by atoms with E-state index in [0.29, 0.717) is 21.9 Å². The van der Waals surface area contributed by atoms with Gasteiger partial charge in [0.15, 0.2) is 11.6 Å². The van der Waals surface area contributed by atoms with Gasteiger partial charge in [0, 0.05) is 5.56 Å². The number of hydrogen-bond acceptors (Lipinski definition) is 0. The first kappa shape index (κ1) is 18.2. The molecule has 0 unspecified atom stereocenters. The van der Waals surface area contributed by atoms with Crippen molar-refractivity contribution in [2.24, 2.45) is 0 Å². The van der Waals surface area contributed by atoms with Crippen LogP contribution >= 0.6 is 0 Å². The topological polar surface area (TPSA) is 0 Å². The molecule has 0 aliphatic heterocycles. The first-order chi connectivity index (χ1) is 13.3. The van der Waals surface area contributed by atoms with E-state index in [4.69, 9.17) is 0 Å². The zero-order valence-electron chi connectivity index (χ0n) is 14.7. The molecule has 0 spiro atoms. The van der Waals surface area contributed by atoms with Crippen molar-refractivity contribution in [3.05, 3.63) is 95.3 Å². The maximum absolute atomic E-state index is 14.7. The summed E-state index contributed by atoms with van der Waals surface area (Å²) in [5.74, 6) is -4.18. The van der Waals surface area contributed by atoms with E-state index in [1.54, 1.807) is 19.1 Å². The highest BCUT2D eigenvalue weighted by atomic mass is 19.2. The van der Waals surface area contributed by atoms with Gasteiger partial charge >= 0.3 is 0 Å². The summed E-state index contributed by atoms with van der Waals surface area (Å²) in [6.07, 6.45) is 0. The molecule has 28 heavy (non-hydrogen) atoms. The van der Waals surface area contributed by atoms with Crippen molar-refractivity contribution in [1.82, 2.24) is 0 Å². The van der Waals surface area contributed by atoms with E-state index in [9.17, 15) is 22.0 Å². The zero-order valence-corrected chi connectivity index (χ0v) is 14.7. The van der Waals surface area contributed by atoms with E-state index in [-0.39, 0.29) is 16.7 Å². The maximum Gasteiger partial charge on any atom is 0.159 e. The summed E-state index contributed by atoms with van der Waals surface area (Å²) in [6.45, 7) is 1.56. The minimum absolute atomic E-state index is 0.0742. The third-order valence-corrected chi connectivity index (χ3v) is 4.63. The lowest BCUT2D eigenvalue weighted by molar-refractivity contribution is 0.511. The highest BCUT2D eigenvalue weighted by Crippen LogP contribution is 2.33. The second-order valence-electron chi connectivity index (χ2n) is 6.63. The summed E-state index contributed by atoms with van der Waals surface area (Å²) in [5.41, 5.74) is 0.823. The van der Waals surface area contributed by atoms with Gasteiger partial charge in [0.1, 0.15) is 17.5 Å². The van der Waals surface area contributed by atoms with Gasteiger partial charge in [0.2, 0.25) is 0 Å². The fourth-order valence-electron chi connectivity index (χ4n) is 3.29. The van der Waals surface area contributed by atoms with Crippen LogP contribution in [-0.2, 0) is 0 Å². The van der Waals surface area contributed by atoms with Gasteiger partial charge in [-0.3, -0.25) is 0 Å². The van der Waals surface area contributed by atoms with Crippen molar-refractivity contribution in [2.75, 3.05) is 0 Å². The van der Waals surface area contributed by atoms with Gasteiger partial charge in [-0.1, -0.05) is 24.3 Å². The number of fused-ring (bicyclic) bond motifs is 1. The zero-order chi connectivity index (χ0) is 20.0. The Morgan fingerprint density at radius 3 is 1.75 bits per heavy atom. The predicted octanol–water partition coefficient (Wildman–Crippen LogP) is 7.18. The SMILES string of the molecule is Cc1cc(F)c(-c2ccc(-c3ccc4cc(F)c(F)cc4c3)c(F)c2)c(F)c1. The van der Waals surface area contributed by atoms with Crippen LogP contribution in [0.1, 0.15) is 5.56 Å². The smallest absolute Gasteiger partial charge is 0.159 e. The van der Waals surface area contributed by atoms with Crippen molar-refractivity contribution < 1.29 is 22.0 Å². The molecule has 0 fully saturated rings. The molecule has 4 rings (SSSR count). The van der Waals surface area contributed by atoms with E-state index >= 15 is 0 Å². The average Bonchev–Trinajstić information content (AvgIpc) is 2.62. The fraction of sp³-hybridized carbons (Fsp3) is 0.0435. The van der Waals surface area contributed by atoms with Gasteiger partial charge < -0.3 is 0 Å². The third-order valence-electron chi connectivity index (χ3n) is 4.63. The van der Waals surface area contributed by atoms with E-state index in [0.717, 1.165) is 18.2 Å². The predicted molar refractivity (Wildman–Crippen MR) is 99.3 cm³/mol. The summed E-state index contributed by atoms with van der Waals surface area (Å²) in [5, 5.41) is 0.888. The van der Waals surface area contributed by atoms with Crippen LogP contribution in [0.4, 0.5) is 22.0 Å². The quantitative estimate of drug-likeness (QED) is 0.321. The molecular weight excluding hydrogens is 371 g/mol. The van der Waals surface area contributed by atoms with Gasteiger partial charge in [-0.2, -0.15) is 0 Å². The van der Waals surface area contributed by atoms with Gasteiger partial charge in [-0.05, 0) is 70.8 Å². The van der Waals surface area contributed by atoms with Crippen molar-refractivity contribution in [1.29, 1.82) is 0 Å². The molecule has 0 N–H and O–H groups in total. The monoisotopic (exact) mass is 384 g/mol. The first-order valence-electron chi connectivity index (χ1n) is 8.48. The molecule has 0 saturated heterocycles. The molecule has 4 aromatic rings. The van der Waals surface area contributed by atoms with E-state index in [1.165, 1.54) is 30.3 Å². The van der Waals surface area contributed by atoms with Crippen molar-refractivity contribution in [3.8, 4) is 22.3 Å². The van der Waals surface area contributed by atoms with E-state index in [1.807, 2.05) is 0 Å². The molecular formula is C23H13F5. The molecule has 0 atom stereocenters. The number of benzene rings is 4.